The van der Waals surface area contributed by atoms with Crippen LogP contribution in [-0.4, -0.2) is 8.80 Å². The first-order chi connectivity index (χ1) is 11.3. The third-order valence-corrected chi connectivity index (χ3v) is 7.44. The highest BCUT2D eigenvalue weighted by Gasteiger charge is 2.19. The van der Waals surface area contributed by atoms with E-state index in [-0.39, 0.29) is 8.80 Å². The fourth-order valence-corrected chi connectivity index (χ4v) is 6.53. The summed E-state index contributed by atoms with van der Waals surface area (Å²) in [6, 6.07) is 32.2. The maximum absolute atomic E-state index is 2.40. The quantitative estimate of drug-likeness (QED) is 0.483. The van der Waals surface area contributed by atoms with Crippen molar-refractivity contribution in [1.29, 1.82) is 0 Å². The first kappa shape index (κ1) is 16.2. The molecule has 0 nitrogen and oxygen atoms in total. The minimum atomic E-state index is -0.481. The van der Waals surface area contributed by atoms with E-state index in [4.69, 9.17) is 0 Å². The Labute approximate surface area is 142 Å². The predicted octanol–water partition coefficient (Wildman–Crippen LogP) is 4.28. The van der Waals surface area contributed by atoms with Gasteiger partial charge in [0, 0.05) is 8.80 Å². The van der Waals surface area contributed by atoms with E-state index in [1.165, 1.54) is 27.5 Å². The lowest BCUT2D eigenvalue weighted by Crippen LogP contribution is -2.24. The van der Waals surface area contributed by atoms with Gasteiger partial charge in [-0.1, -0.05) is 98.0 Å². The molecule has 1 radical (unpaired) electrons. The fourth-order valence-electron chi connectivity index (χ4n) is 2.84. The standard InChI is InChI=1S/C21H22PSi/c1-23(2)17-18-11-9-10-16-21(18)22(19-12-5-3-6-13-19)20-14-7-4-8-15-20/h3-16H,17H2,1-2H3. The van der Waals surface area contributed by atoms with Crippen LogP contribution < -0.4 is 15.9 Å². The van der Waals surface area contributed by atoms with Crippen LogP contribution in [0.25, 0.3) is 0 Å². The Kier molecular flexibility index (Phi) is 5.43. The van der Waals surface area contributed by atoms with Crippen molar-refractivity contribution in [3.05, 3.63) is 90.5 Å². The number of hydrogen-bond donors (Lipinski definition) is 0. The smallest absolute Gasteiger partial charge is 0.0460 e. The van der Waals surface area contributed by atoms with Crippen LogP contribution in [-0.2, 0) is 6.04 Å². The van der Waals surface area contributed by atoms with Gasteiger partial charge < -0.3 is 0 Å². The summed E-state index contributed by atoms with van der Waals surface area (Å²) >= 11 is 0. The van der Waals surface area contributed by atoms with E-state index in [1.54, 1.807) is 0 Å². The van der Waals surface area contributed by atoms with Crippen molar-refractivity contribution in [1.82, 2.24) is 0 Å². The van der Waals surface area contributed by atoms with Crippen molar-refractivity contribution in [3.8, 4) is 0 Å². The fraction of sp³-hybridized carbons (Fsp3) is 0.143. The van der Waals surface area contributed by atoms with Crippen molar-refractivity contribution in [2.75, 3.05) is 0 Å². The topological polar surface area (TPSA) is 0 Å². The molecule has 0 aliphatic heterocycles. The zero-order chi connectivity index (χ0) is 16.1. The SMILES string of the molecule is C[Si](C)Cc1ccccc1P(c1ccccc1)c1ccccc1. The molecule has 0 saturated heterocycles. The van der Waals surface area contributed by atoms with E-state index in [9.17, 15) is 0 Å². The second-order valence-corrected chi connectivity index (χ2v) is 11.0. The van der Waals surface area contributed by atoms with Crippen molar-refractivity contribution in [3.63, 3.8) is 0 Å². The Morgan fingerprint density at radius 1 is 0.652 bits per heavy atom. The van der Waals surface area contributed by atoms with Crippen LogP contribution in [0, 0.1) is 0 Å². The monoisotopic (exact) mass is 333 g/mol. The molecule has 0 aliphatic carbocycles. The highest BCUT2D eigenvalue weighted by Crippen LogP contribution is 2.34. The minimum Gasteiger partial charge on any atom is -0.0710 e. The zero-order valence-corrected chi connectivity index (χ0v) is 15.6. The second kappa shape index (κ2) is 7.72. The first-order valence-corrected chi connectivity index (χ1v) is 12.1. The van der Waals surface area contributed by atoms with Gasteiger partial charge in [-0.05, 0) is 35.4 Å². The second-order valence-electron chi connectivity index (χ2n) is 6.02. The van der Waals surface area contributed by atoms with Crippen LogP contribution in [0.4, 0.5) is 0 Å². The molecule has 0 fully saturated rings. The van der Waals surface area contributed by atoms with Gasteiger partial charge in [-0.2, -0.15) is 0 Å². The highest BCUT2D eigenvalue weighted by molar-refractivity contribution is 7.79. The molecule has 0 spiro atoms. The molecule has 3 rings (SSSR count). The summed E-state index contributed by atoms with van der Waals surface area (Å²) < 4.78 is 0. The molecule has 2 heteroatoms. The zero-order valence-electron chi connectivity index (χ0n) is 13.7. The molecule has 0 N–H and O–H groups in total. The largest absolute Gasteiger partial charge is 0.0710 e. The Morgan fingerprint density at radius 3 is 1.65 bits per heavy atom. The molecule has 3 aromatic rings. The van der Waals surface area contributed by atoms with Gasteiger partial charge in [-0.15, -0.1) is 0 Å². The molecular weight excluding hydrogens is 311 g/mol. The Hall–Kier alpha value is -1.69. The van der Waals surface area contributed by atoms with Gasteiger partial charge in [0.05, 0.1) is 0 Å². The molecule has 3 aromatic carbocycles. The lowest BCUT2D eigenvalue weighted by Gasteiger charge is -2.22. The third-order valence-electron chi connectivity index (χ3n) is 3.81. The molecule has 0 aliphatic rings. The van der Waals surface area contributed by atoms with Gasteiger partial charge >= 0.3 is 0 Å². The van der Waals surface area contributed by atoms with Gasteiger partial charge in [0.2, 0.25) is 0 Å². The molecule has 0 bridgehead atoms. The van der Waals surface area contributed by atoms with E-state index < -0.39 is 7.92 Å². The maximum atomic E-state index is 2.40. The summed E-state index contributed by atoms with van der Waals surface area (Å²) in [7, 11) is -0.776. The van der Waals surface area contributed by atoms with Gasteiger partial charge in [0.15, 0.2) is 0 Å². The molecule has 0 heterocycles. The van der Waals surface area contributed by atoms with Crippen LogP contribution in [0.1, 0.15) is 5.56 Å². The van der Waals surface area contributed by atoms with Gasteiger partial charge in [-0.3, -0.25) is 0 Å². The molecule has 0 atom stereocenters. The summed E-state index contributed by atoms with van der Waals surface area (Å²) in [4.78, 5) is 0. The van der Waals surface area contributed by atoms with E-state index in [1.807, 2.05) is 0 Å². The van der Waals surface area contributed by atoms with Crippen LogP contribution in [0.5, 0.6) is 0 Å². The average Bonchev–Trinajstić information content (AvgIpc) is 2.58. The number of benzene rings is 3. The average molecular weight is 333 g/mol. The summed E-state index contributed by atoms with van der Waals surface area (Å²) in [6.45, 7) is 4.80. The van der Waals surface area contributed by atoms with Crippen LogP contribution in [0.2, 0.25) is 13.1 Å². The van der Waals surface area contributed by atoms with Gasteiger partial charge in [-0.25, -0.2) is 0 Å². The van der Waals surface area contributed by atoms with Crippen molar-refractivity contribution in [2.24, 2.45) is 0 Å². The lowest BCUT2D eigenvalue weighted by atomic mass is 10.2. The lowest BCUT2D eigenvalue weighted by molar-refractivity contribution is 1.38. The Bertz CT molecular complexity index is 699. The molecule has 0 aromatic heterocycles. The summed E-state index contributed by atoms with van der Waals surface area (Å²) in [6.07, 6.45) is 0. The summed E-state index contributed by atoms with van der Waals surface area (Å²) in [5.74, 6) is 0. The summed E-state index contributed by atoms with van der Waals surface area (Å²) in [5, 5.41) is 4.38. The van der Waals surface area contributed by atoms with Gasteiger partial charge in [0.1, 0.15) is 0 Å². The molecule has 0 amide bonds. The maximum Gasteiger partial charge on any atom is 0.0460 e. The van der Waals surface area contributed by atoms with E-state index in [0.29, 0.717) is 0 Å². The van der Waals surface area contributed by atoms with Gasteiger partial charge in [0.25, 0.3) is 0 Å². The van der Waals surface area contributed by atoms with E-state index in [2.05, 4.69) is 98.0 Å². The third kappa shape index (κ3) is 3.99. The Morgan fingerprint density at radius 2 is 1.13 bits per heavy atom. The first-order valence-electron chi connectivity index (χ1n) is 8.03. The molecule has 0 saturated carbocycles. The number of hydrogen-bond acceptors (Lipinski definition) is 0. The van der Waals surface area contributed by atoms with Crippen LogP contribution in [0.3, 0.4) is 0 Å². The van der Waals surface area contributed by atoms with Crippen molar-refractivity contribution >= 4 is 32.6 Å². The van der Waals surface area contributed by atoms with E-state index >= 15 is 0 Å². The van der Waals surface area contributed by atoms with E-state index in [0.717, 1.165) is 0 Å². The molecule has 23 heavy (non-hydrogen) atoms. The summed E-state index contributed by atoms with van der Waals surface area (Å²) in [5.41, 5.74) is 1.53. The Balaban J connectivity index is 2.14. The predicted molar refractivity (Wildman–Crippen MR) is 106 cm³/mol. The van der Waals surface area contributed by atoms with Crippen LogP contribution >= 0.6 is 7.92 Å². The molecule has 0 unspecified atom stereocenters. The molecule has 115 valence electrons. The van der Waals surface area contributed by atoms with Crippen molar-refractivity contribution < 1.29 is 0 Å². The normalized spacial score (nSPS) is 11.1. The van der Waals surface area contributed by atoms with Crippen LogP contribution in [0.15, 0.2) is 84.9 Å². The highest BCUT2D eigenvalue weighted by atomic mass is 31.1. The number of rotatable bonds is 5. The molecular formula is C21H22PSi. The van der Waals surface area contributed by atoms with Crippen molar-refractivity contribution in [2.45, 2.75) is 19.1 Å². The minimum absolute atomic E-state index is 0.295.